The number of benzene rings is 1. The first-order chi connectivity index (χ1) is 9.60. The highest BCUT2D eigenvalue weighted by atomic mass is 16.5. The van der Waals surface area contributed by atoms with Gasteiger partial charge in [-0.1, -0.05) is 32.0 Å². The van der Waals surface area contributed by atoms with E-state index >= 15 is 0 Å². The molecule has 0 amide bonds. The maximum absolute atomic E-state index is 11.6. The van der Waals surface area contributed by atoms with E-state index in [-0.39, 0.29) is 11.5 Å². The number of hydrogen-bond donors (Lipinski definition) is 2. The maximum atomic E-state index is 11.6. The van der Waals surface area contributed by atoms with Crippen molar-refractivity contribution in [3.8, 4) is 5.75 Å². The Labute approximate surface area is 118 Å². The molecule has 1 aromatic carbocycles. The van der Waals surface area contributed by atoms with Crippen LogP contribution in [0, 0.1) is 0 Å². The van der Waals surface area contributed by atoms with Gasteiger partial charge in [0.15, 0.2) is 0 Å². The molecule has 0 atom stereocenters. The van der Waals surface area contributed by atoms with Crippen molar-refractivity contribution < 1.29 is 4.74 Å². The summed E-state index contributed by atoms with van der Waals surface area (Å²) in [5.74, 6) is 1.50. The minimum Gasteiger partial charge on any atom is -0.496 e. The molecule has 0 radical (unpaired) electrons. The van der Waals surface area contributed by atoms with Crippen LogP contribution in [0.2, 0.25) is 0 Å². The number of para-hydroxylation sites is 1. The second-order valence-corrected chi connectivity index (χ2v) is 4.84. The van der Waals surface area contributed by atoms with Crippen LogP contribution in [0.5, 0.6) is 5.75 Å². The molecule has 1 aromatic heterocycles. The lowest BCUT2D eigenvalue weighted by molar-refractivity contribution is 0.410. The Bertz CT molecular complexity index is 635. The Morgan fingerprint density at radius 1 is 1.35 bits per heavy atom. The minimum atomic E-state index is -0.147. The number of methoxy groups -OCH3 is 1. The Kier molecular flexibility index (Phi) is 4.40. The SMILES string of the molecule is COc1ccccc1CNc1nc(C(C)C)cc(=O)[nH]1. The van der Waals surface area contributed by atoms with Crippen LogP contribution in [0.4, 0.5) is 5.95 Å². The van der Waals surface area contributed by atoms with Gasteiger partial charge in [-0.3, -0.25) is 9.78 Å². The fourth-order valence-electron chi connectivity index (χ4n) is 1.88. The molecule has 5 heteroatoms. The second-order valence-electron chi connectivity index (χ2n) is 4.84. The molecule has 106 valence electrons. The topological polar surface area (TPSA) is 67.0 Å². The molecule has 0 saturated carbocycles. The van der Waals surface area contributed by atoms with Gasteiger partial charge in [-0.15, -0.1) is 0 Å². The molecule has 0 fully saturated rings. The molecule has 0 aliphatic heterocycles. The fourth-order valence-corrected chi connectivity index (χ4v) is 1.88. The van der Waals surface area contributed by atoms with Crippen LogP contribution in [0.1, 0.15) is 31.0 Å². The molecule has 2 N–H and O–H groups in total. The van der Waals surface area contributed by atoms with E-state index in [4.69, 9.17) is 4.74 Å². The average molecular weight is 273 g/mol. The van der Waals surface area contributed by atoms with Crippen LogP contribution in [0.15, 0.2) is 35.1 Å². The monoisotopic (exact) mass is 273 g/mol. The van der Waals surface area contributed by atoms with Gasteiger partial charge in [-0.05, 0) is 12.0 Å². The van der Waals surface area contributed by atoms with Crippen LogP contribution in [0.3, 0.4) is 0 Å². The molecule has 0 spiro atoms. The van der Waals surface area contributed by atoms with Gasteiger partial charge in [0.2, 0.25) is 5.95 Å². The van der Waals surface area contributed by atoms with Gasteiger partial charge in [0, 0.05) is 18.2 Å². The van der Waals surface area contributed by atoms with Gasteiger partial charge < -0.3 is 10.1 Å². The number of H-pyrrole nitrogens is 1. The third-order valence-electron chi connectivity index (χ3n) is 2.99. The summed E-state index contributed by atoms with van der Waals surface area (Å²) in [6.07, 6.45) is 0. The summed E-state index contributed by atoms with van der Waals surface area (Å²) >= 11 is 0. The second kappa shape index (κ2) is 6.23. The Balaban J connectivity index is 2.16. The van der Waals surface area contributed by atoms with Crippen molar-refractivity contribution in [3.63, 3.8) is 0 Å². The highest BCUT2D eigenvalue weighted by Crippen LogP contribution is 2.18. The van der Waals surface area contributed by atoms with E-state index in [9.17, 15) is 4.79 Å². The summed E-state index contributed by atoms with van der Waals surface area (Å²) in [6, 6.07) is 9.26. The van der Waals surface area contributed by atoms with E-state index in [1.165, 1.54) is 6.07 Å². The van der Waals surface area contributed by atoms with Gasteiger partial charge in [0.05, 0.1) is 12.8 Å². The summed E-state index contributed by atoms with van der Waals surface area (Å²) in [6.45, 7) is 4.55. The van der Waals surface area contributed by atoms with Gasteiger partial charge in [-0.2, -0.15) is 0 Å². The Morgan fingerprint density at radius 3 is 2.80 bits per heavy atom. The molecule has 5 nitrogen and oxygen atoms in total. The lowest BCUT2D eigenvalue weighted by Gasteiger charge is -2.11. The van der Waals surface area contributed by atoms with E-state index in [1.54, 1.807) is 7.11 Å². The van der Waals surface area contributed by atoms with Crippen molar-refractivity contribution in [2.45, 2.75) is 26.3 Å². The van der Waals surface area contributed by atoms with Gasteiger partial charge in [0.1, 0.15) is 5.75 Å². The molecule has 0 aliphatic carbocycles. The molecule has 0 unspecified atom stereocenters. The molecule has 1 heterocycles. The summed E-state index contributed by atoms with van der Waals surface area (Å²) in [5.41, 5.74) is 1.63. The van der Waals surface area contributed by atoms with E-state index < -0.39 is 0 Å². The number of nitrogens with zero attached hydrogens (tertiary/aromatic N) is 1. The zero-order valence-electron chi connectivity index (χ0n) is 11.9. The average Bonchev–Trinajstić information content (AvgIpc) is 2.44. The number of rotatable bonds is 5. The van der Waals surface area contributed by atoms with Crippen molar-refractivity contribution in [1.29, 1.82) is 0 Å². The maximum Gasteiger partial charge on any atom is 0.252 e. The van der Waals surface area contributed by atoms with Crippen LogP contribution in [-0.4, -0.2) is 17.1 Å². The van der Waals surface area contributed by atoms with E-state index in [0.29, 0.717) is 12.5 Å². The van der Waals surface area contributed by atoms with Gasteiger partial charge in [0.25, 0.3) is 5.56 Å². The molecular formula is C15H19N3O2. The minimum absolute atomic E-state index is 0.147. The number of anilines is 1. The van der Waals surface area contributed by atoms with Crippen molar-refractivity contribution >= 4 is 5.95 Å². The fraction of sp³-hybridized carbons (Fsp3) is 0.333. The summed E-state index contributed by atoms with van der Waals surface area (Å²) in [5, 5.41) is 3.13. The van der Waals surface area contributed by atoms with Crippen LogP contribution in [-0.2, 0) is 6.54 Å². The lowest BCUT2D eigenvalue weighted by Crippen LogP contribution is -2.14. The van der Waals surface area contributed by atoms with Crippen molar-refractivity contribution in [3.05, 3.63) is 51.9 Å². The van der Waals surface area contributed by atoms with Crippen LogP contribution in [0.25, 0.3) is 0 Å². The zero-order chi connectivity index (χ0) is 14.5. The largest absolute Gasteiger partial charge is 0.496 e. The van der Waals surface area contributed by atoms with Crippen LogP contribution >= 0.6 is 0 Å². The third-order valence-corrected chi connectivity index (χ3v) is 2.99. The Morgan fingerprint density at radius 2 is 2.10 bits per heavy atom. The molecule has 0 aliphatic rings. The zero-order valence-corrected chi connectivity index (χ0v) is 11.9. The number of aromatic amines is 1. The quantitative estimate of drug-likeness (QED) is 0.878. The van der Waals surface area contributed by atoms with Gasteiger partial charge >= 0.3 is 0 Å². The third kappa shape index (κ3) is 3.38. The van der Waals surface area contributed by atoms with Crippen molar-refractivity contribution in [2.75, 3.05) is 12.4 Å². The van der Waals surface area contributed by atoms with E-state index in [1.807, 2.05) is 38.1 Å². The standard InChI is InChI=1S/C15H19N3O2/c1-10(2)12-8-14(19)18-15(17-12)16-9-11-6-4-5-7-13(11)20-3/h4-8,10H,9H2,1-3H3,(H2,16,17,18,19). The molecule has 0 saturated heterocycles. The van der Waals surface area contributed by atoms with Crippen molar-refractivity contribution in [1.82, 2.24) is 9.97 Å². The Hall–Kier alpha value is -2.30. The summed E-state index contributed by atoms with van der Waals surface area (Å²) in [7, 11) is 1.64. The van der Waals surface area contributed by atoms with E-state index in [2.05, 4.69) is 15.3 Å². The molecule has 0 bridgehead atoms. The predicted molar refractivity (Wildman–Crippen MR) is 79.3 cm³/mol. The van der Waals surface area contributed by atoms with Crippen molar-refractivity contribution in [2.24, 2.45) is 0 Å². The number of ether oxygens (including phenoxy) is 1. The first kappa shape index (κ1) is 14.1. The predicted octanol–water partition coefficient (Wildman–Crippen LogP) is 2.51. The molecule has 2 rings (SSSR count). The molecular weight excluding hydrogens is 254 g/mol. The first-order valence-corrected chi connectivity index (χ1v) is 6.57. The van der Waals surface area contributed by atoms with Crippen LogP contribution < -0.4 is 15.6 Å². The molecule has 2 aromatic rings. The smallest absolute Gasteiger partial charge is 0.252 e. The lowest BCUT2D eigenvalue weighted by atomic mass is 10.1. The number of hydrogen-bond acceptors (Lipinski definition) is 4. The normalized spacial score (nSPS) is 10.6. The van der Waals surface area contributed by atoms with E-state index in [0.717, 1.165) is 17.0 Å². The summed E-state index contributed by atoms with van der Waals surface area (Å²) in [4.78, 5) is 18.7. The highest BCUT2D eigenvalue weighted by molar-refractivity contribution is 5.37. The number of aromatic nitrogens is 2. The number of nitrogens with one attached hydrogen (secondary N) is 2. The highest BCUT2D eigenvalue weighted by Gasteiger charge is 2.06. The molecule has 20 heavy (non-hydrogen) atoms. The summed E-state index contributed by atoms with van der Waals surface area (Å²) < 4.78 is 5.29. The first-order valence-electron chi connectivity index (χ1n) is 6.57. The van der Waals surface area contributed by atoms with Gasteiger partial charge in [-0.25, -0.2) is 4.98 Å².